The molecular weight excluding hydrogens is 402 g/mol. The van der Waals surface area contributed by atoms with E-state index in [2.05, 4.69) is 25.5 Å². The molecule has 1 aromatic heterocycles. The number of thiocarbonyl (C=S) groups is 1. The van der Waals surface area contributed by atoms with E-state index >= 15 is 0 Å². The topological polar surface area (TPSA) is 78.9 Å². The molecule has 0 aliphatic rings. The van der Waals surface area contributed by atoms with E-state index in [-0.39, 0.29) is 11.9 Å². The van der Waals surface area contributed by atoms with Crippen LogP contribution in [0.15, 0.2) is 53.9 Å². The van der Waals surface area contributed by atoms with Gasteiger partial charge in [-0.3, -0.25) is 4.79 Å². The zero-order valence-corrected chi connectivity index (χ0v) is 16.7. The first kappa shape index (κ1) is 19.2. The molecule has 0 saturated carbocycles. The molecule has 0 aliphatic heterocycles. The number of carbonyl (C=O) groups excluding carboxylic acids is 1. The van der Waals surface area contributed by atoms with Crippen molar-refractivity contribution in [1.82, 2.24) is 14.9 Å². The van der Waals surface area contributed by atoms with Crippen LogP contribution in [-0.4, -0.2) is 20.6 Å². The number of amides is 1. The van der Waals surface area contributed by atoms with Crippen LogP contribution in [0.4, 0.5) is 11.4 Å². The van der Waals surface area contributed by atoms with Crippen molar-refractivity contribution in [2.24, 2.45) is 0 Å². The lowest BCUT2D eigenvalue weighted by atomic mass is 10.1. The van der Waals surface area contributed by atoms with Gasteiger partial charge >= 0.3 is 0 Å². The molecule has 0 spiro atoms. The molecule has 3 aromatic rings. The number of aromatic nitrogens is 2. The van der Waals surface area contributed by atoms with Crippen molar-refractivity contribution in [2.75, 3.05) is 10.6 Å². The summed E-state index contributed by atoms with van der Waals surface area (Å²) in [5.74, 6) is -0.293. The van der Waals surface area contributed by atoms with Gasteiger partial charge in [-0.15, -0.1) is 5.10 Å². The Kier molecular flexibility index (Phi) is 6.33. The molecule has 1 amide bonds. The summed E-state index contributed by atoms with van der Waals surface area (Å²) in [6.07, 6.45) is 0. The minimum atomic E-state index is -0.293. The maximum Gasteiger partial charge on any atom is 0.277 e. The van der Waals surface area contributed by atoms with Crippen molar-refractivity contribution in [1.29, 1.82) is 0 Å². The van der Waals surface area contributed by atoms with Crippen molar-refractivity contribution in [2.45, 2.75) is 13.0 Å². The predicted molar refractivity (Wildman–Crippen MR) is 114 cm³/mol. The second-order valence-electron chi connectivity index (χ2n) is 5.69. The number of rotatable bonds is 5. The van der Waals surface area contributed by atoms with E-state index in [0.29, 0.717) is 21.5 Å². The van der Waals surface area contributed by atoms with Crippen LogP contribution in [0.1, 0.15) is 29.0 Å². The molecule has 1 heterocycles. The molecule has 138 valence electrons. The number of carbonyl (C=O) groups is 1. The Morgan fingerprint density at radius 1 is 1.07 bits per heavy atom. The summed E-state index contributed by atoms with van der Waals surface area (Å²) >= 11 is 12.4. The van der Waals surface area contributed by atoms with Crippen LogP contribution in [0.3, 0.4) is 0 Å². The zero-order chi connectivity index (χ0) is 19.2. The van der Waals surface area contributed by atoms with Crippen LogP contribution in [0.2, 0.25) is 5.02 Å². The first-order chi connectivity index (χ1) is 13.0. The predicted octanol–water partition coefficient (Wildman–Crippen LogP) is 4.49. The van der Waals surface area contributed by atoms with E-state index in [1.807, 2.05) is 43.3 Å². The van der Waals surface area contributed by atoms with Crippen LogP contribution >= 0.6 is 35.4 Å². The molecule has 9 heteroatoms. The molecule has 6 nitrogen and oxygen atoms in total. The summed E-state index contributed by atoms with van der Waals surface area (Å²) in [5.41, 5.74) is 2.85. The van der Waals surface area contributed by atoms with E-state index in [4.69, 9.17) is 23.8 Å². The van der Waals surface area contributed by atoms with Crippen LogP contribution in [0.25, 0.3) is 0 Å². The molecule has 0 fully saturated rings. The van der Waals surface area contributed by atoms with E-state index < -0.39 is 0 Å². The van der Waals surface area contributed by atoms with Crippen molar-refractivity contribution in [3.63, 3.8) is 0 Å². The molecule has 0 radical (unpaired) electrons. The monoisotopic (exact) mass is 417 g/mol. The third kappa shape index (κ3) is 5.46. The molecule has 0 bridgehead atoms. The van der Waals surface area contributed by atoms with Crippen LogP contribution in [0, 0.1) is 0 Å². The van der Waals surface area contributed by atoms with Gasteiger partial charge in [-0.2, -0.15) is 0 Å². The lowest BCUT2D eigenvalue weighted by Gasteiger charge is -2.17. The first-order valence-electron chi connectivity index (χ1n) is 8.03. The Labute approximate surface area is 171 Å². The van der Waals surface area contributed by atoms with Gasteiger partial charge in [0.25, 0.3) is 5.91 Å². The highest BCUT2D eigenvalue weighted by molar-refractivity contribution is 7.80. The standard InChI is InChI=1S/C18H16ClN5OS2/c1-11(12-2-4-13(19)5-3-12)20-18(26)22-15-8-6-14(7-9-15)21-17(25)16-10-27-24-23-16/h2-11H,1H3,(H,21,25)(H2,20,22,26)/t11-/m1/s1. The summed E-state index contributed by atoms with van der Waals surface area (Å²) in [6, 6.07) is 14.9. The Bertz CT molecular complexity index is 914. The smallest absolute Gasteiger partial charge is 0.277 e. The highest BCUT2D eigenvalue weighted by Gasteiger charge is 2.10. The lowest BCUT2D eigenvalue weighted by Crippen LogP contribution is -2.30. The van der Waals surface area contributed by atoms with Gasteiger partial charge < -0.3 is 16.0 Å². The number of nitrogens with one attached hydrogen (secondary N) is 3. The molecule has 3 N–H and O–H groups in total. The van der Waals surface area contributed by atoms with Gasteiger partial charge in [0.1, 0.15) is 0 Å². The van der Waals surface area contributed by atoms with Crippen molar-refractivity contribution in [3.05, 3.63) is 70.2 Å². The van der Waals surface area contributed by atoms with E-state index in [0.717, 1.165) is 22.8 Å². The first-order valence-corrected chi connectivity index (χ1v) is 9.65. The summed E-state index contributed by atoms with van der Waals surface area (Å²) in [4.78, 5) is 12.0. The Hall–Kier alpha value is -2.55. The zero-order valence-electron chi connectivity index (χ0n) is 14.3. The summed E-state index contributed by atoms with van der Waals surface area (Å²) in [6.45, 7) is 2.02. The number of benzene rings is 2. The summed E-state index contributed by atoms with van der Waals surface area (Å²) < 4.78 is 3.67. The van der Waals surface area contributed by atoms with Gasteiger partial charge in [-0.1, -0.05) is 28.2 Å². The molecule has 0 saturated heterocycles. The van der Waals surface area contributed by atoms with Crippen molar-refractivity contribution in [3.8, 4) is 0 Å². The Balaban J connectivity index is 1.53. The van der Waals surface area contributed by atoms with Crippen molar-refractivity contribution >= 4 is 57.7 Å². The third-order valence-corrected chi connectivity index (χ3v) is 4.69. The lowest BCUT2D eigenvalue weighted by molar-refractivity contribution is 0.102. The third-order valence-electron chi connectivity index (χ3n) is 3.71. The fraction of sp³-hybridized carbons (Fsp3) is 0.111. The van der Waals surface area contributed by atoms with Crippen LogP contribution in [0.5, 0.6) is 0 Å². The van der Waals surface area contributed by atoms with Gasteiger partial charge in [0.15, 0.2) is 10.8 Å². The minimum absolute atomic E-state index is 0.0348. The molecule has 0 unspecified atom stereocenters. The average Bonchev–Trinajstić information content (AvgIpc) is 3.18. The minimum Gasteiger partial charge on any atom is -0.356 e. The maximum atomic E-state index is 12.0. The average molecular weight is 418 g/mol. The van der Waals surface area contributed by atoms with Gasteiger partial charge in [-0.25, -0.2) is 0 Å². The van der Waals surface area contributed by atoms with Gasteiger partial charge in [0.05, 0.1) is 6.04 Å². The highest BCUT2D eigenvalue weighted by Crippen LogP contribution is 2.17. The van der Waals surface area contributed by atoms with E-state index in [1.165, 1.54) is 0 Å². The second kappa shape index (κ2) is 8.90. The fourth-order valence-electron chi connectivity index (χ4n) is 2.29. The molecule has 3 rings (SSSR count). The fourth-order valence-corrected chi connectivity index (χ4v) is 3.15. The largest absolute Gasteiger partial charge is 0.356 e. The number of anilines is 2. The van der Waals surface area contributed by atoms with Crippen molar-refractivity contribution < 1.29 is 4.79 Å². The second-order valence-corrected chi connectivity index (χ2v) is 7.15. The SMILES string of the molecule is C[C@@H](NC(=S)Nc1ccc(NC(=O)c2csnn2)cc1)c1ccc(Cl)cc1. The quantitative estimate of drug-likeness (QED) is 0.531. The molecule has 2 aromatic carbocycles. The molecule has 1 atom stereocenters. The molecule has 0 aliphatic carbocycles. The molecular formula is C18H16ClN5OS2. The van der Waals surface area contributed by atoms with Gasteiger partial charge in [0.2, 0.25) is 0 Å². The van der Waals surface area contributed by atoms with Gasteiger partial charge in [-0.05, 0) is 72.6 Å². The Morgan fingerprint density at radius 3 is 2.30 bits per heavy atom. The molecule has 27 heavy (non-hydrogen) atoms. The summed E-state index contributed by atoms with van der Waals surface area (Å²) in [5, 5.41) is 15.6. The number of hydrogen-bond acceptors (Lipinski definition) is 5. The maximum absolute atomic E-state index is 12.0. The Morgan fingerprint density at radius 2 is 1.70 bits per heavy atom. The van der Waals surface area contributed by atoms with E-state index in [9.17, 15) is 4.79 Å². The number of nitrogens with zero attached hydrogens (tertiary/aromatic N) is 2. The van der Waals surface area contributed by atoms with Crippen LogP contribution < -0.4 is 16.0 Å². The van der Waals surface area contributed by atoms with Gasteiger partial charge in [0, 0.05) is 21.8 Å². The number of hydrogen-bond donors (Lipinski definition) is 3. The summed E-state index contributed by atoms with van der Waals surface area (Å²) in [7, 11) is 0. The normalized spacial score (nSPS) is 11.5. The number of halogens is 1. The van der Waals surface area contributed by atoms with E-state index in [1.54, 1.807) is 17.5 Å². The highest BCUT2D eigenvalue weighted by atomic mass is 35.5. The van der Waals surface area contributed by atoms with Crippen LogP contribution in [-0.2, 0) is 0 Å².